The predicted octanol–water partition coefficient (Wildman–Crippen LogP) is 3.67. The third-order valence-electron chi connectivity index (χ3n) is 3.94. The minimum atomic E-state index is -3.85. The highest BCUT2D eigenvalue weighted by Gasteiger charge is 2.24. The molecule has 0 aliphatic heterocycles. The lowest BCUT2D eigenvalue weighted by Crippen LogP contribution is -2.25. The number of halogens is 1. The number of hydrogen-bond acceptors (Lipinski definition) is 3. The molecule has 0 radical (unpaired) electrons. The number of sulfonamides is 1. The number of carbonyl (C=O) groups excluding carboxylic acids is 1. The van der Waals surface area contributed by atoms with Crippen molar-refractivity contribution in [3.05, 3.63) is 58.6 Å². The number of anilines is 1. The van der Waals surface area contributed by atoms with Crippen molar-refractivity contribution in [2.75, 3.05) is 5.32 Å². The van der Waals surface area contributed by atoms with Crippen LogP contribution in [-0.4, -0.2) is 14.3 Å². The Bertz CT molecular complexity index is 878. The van der Waals surface area contributed by atoms with Crippen molar-refractivity contribution < 1.29 is 13.2 Å². The molecule has 7 heteroatoms. The first-order chi connectivity index (χ1) is 11.6. The Kier molecular flexibility index (Phi) is 5.87. The van der Waals surface area contributed by atoms with E-state index >= 15 is 0 Å². The minimum absolute atomic E-state index is 0.00195. The SMILES string of the molecule is Cc1ccc(NC(=O)[C@@H](c2ccc(Cl)cc2)C(C)C)cc1S(N)(=O)=O. The number of aryl methyl sites for hydroxylation is 1. The van der Waals surface area contributed by atoms with E-state index in [0.29, 0.717) is 16.3 Å². The van der Waals surface area contributed by atoms with Crippen LogP contribution in [0.4, 0.5) is 5.69 Å². The van der Waals surface area contributed by atoms with E-state index in [0.717, 1.165) is 5.56 Å². The third-order valence-corrected chi connectivity index (χ3v) is 5.25. The number of carbonyl (C=O) groups is 1. The Morgan fingerprint density at radius 3 is 2.24 bits per heavy atom. The highest BCUT2D eigenvalue weighted by molar-refractivity contribution is 7.89. The molecule has 25 heavy (non-hydrogen) atoms. The fraction of sp³-hybridized carbons (Fsp3) is 0.278. The van der Waals surface area contributed by atoms with Crippen molar-refractivity contribution in [1.29, 1.82) is 0 Å². The van der Waals surface area contributed by atoms with Gasteiger partial charge in [-0.3, -0.25) is 4.79 Å². The fourth-order valence-corrected chi connectivity index (χ4v) is 3.65. The summed E-state index contributed by atoms with van der Waals surface area (Å²) >= 11 is 5.91. The van der Waals surface area contributed by atoms with Crippen molar-refractivity contribution in [2.45, 2.75) is 31.6 Å². The van der Waals surface area contributed by atoms with Gasteiger partial charge in [-0.2, -0.15) is 0 Å². The van der Waals surface area contributed by atoms with Crippen LogP contribution in [0.1, 0.15) is 30.9 Å². The van der Waals surface area contributed by atoms with Crippen molar-refractivity contribution in [3.63, 3.8) is 0 Å². The topological polar surface area (TPSA) is 89.3 Å². The van der Waals surface area contributed by atoms with Crippen LogP contribution >= 0.6 is 11.6 Å². The number of hydrogen-bond donors (Lipinski definition) is 2. The van der Waals surface area contributed by atoms with Crippen molar-refractivity contribution in [2.24, 2.45) is 11.1 Å². The molecule has 0 fully saturated rings. The summed E-state index contributed by atoms with van der Waals surface area (Å²) in [5.41, 5.74) is 1.76. The van der Waals surface area contributed by atoms with E-state index in [1.165, 1.54) is 6.07 Å². The van der Waals surface area contributed by atoms with Crippen LogP contribution < -0.4 is 10.5 Å². The molecule has 2 aromatic carbocycles. The van der Waals surface area contributed by atoms with Gasteiger partial charge >= 0.3 is 0 Å². The summed E-state index contributed by atoms with van der Waals surface area (Å²) in [6, 6.07) is 11.8. The molecule has 0 heterocycles. The van der Waals surface area contributed by atoms with Crippen LogP contribution in [0.15, 0.2) is 47.4 Å². The Morgan fingerprint density at radius 2 is 1.72 bits per heavy atom. The van der Waals surface area contributed by atoms with Gasteiger partial charge < -0.3 is 5.32 Å². The first-order valence-electron chi connectivity index (χ1n) is 7.79. The van der Waals surface area contributed by atoms with Gasteiger partial charge in [-0.1, -0.05) is 43.6 Å². The summed E-state index contributed by atoms with van der Waals surface area (Å²) < 4.78 is 23.3. The van der Waals surface area contributed by atoms with Crippen LogP contribution in [0.25, 0.3) is 0 Å². The summed E-state index contributed by atoms with van der Waals surface area (Å²) in [6.07, 6.45) is 0. The quantitative estimate of drug-likeness (QED) is 0.829. The van der Waals surface area contributed by atoms with E-state index in [1.54, 1.807) is 31.2 Å². The monoisotopic (exact) mass is 380 g/mol. The van der Waals surface area contributed by atoms with Gasteiger partial charge in [0.05, 0.1) is 10.8 Å². The highest BCUT2D eigenvalue weighted by atomic mass is 35.5. The molecular weight excluding hydrogens is 360 g/mol. The molecule has 0 bridgehead atoms. The van der Waals surface area contributed by atoms with E-state index in [4.69, 9.17) is 16.7 Å². The number of rotatable bonds is 5. The first-order valence-corrected chi connectivity index (χ1v) is 9.72. The van der Waals surface area contributed by atoms with Gasteiger partial charge in [0.2, 0.25) is 15.9 Å². The molecular formula is C18H21ClN2O3S. The average molecular weight is 381 g/mol. The molecule has 0 aliphatic carbocycles. The highest BCUT2D eigenvalue weighted by Crippen LogP contribution is 2.28. The predicted molar refractivity (Wildman–Crippen MR) is 100 cm³/mol. The number of nitrogens with two attached hydrogens (primary N) is 1. The molecule has 0 saturated carbocycles. The van der Waals surface area contributed by atoms with E-state index in [-0.39, 0.29) is 16.7 Å². The van der Waals surface area contributed by atoms with Crippen molar-refractivity contribution in [3.8, 4) is 0 Å². The van der Waals surface area contributed by atoms with Gasteiger partial charge in [-0.15, -0.1) is 0 Å². The van der Waals surface area contributed by atoms with Crippen LogP contribution in [-0.2, 0) is 14.8 Å². The molecule has 0 saturated heterocycles. The molecule has 0 spiro atoms. The number of nitrogens with one attached hydrogen (secondary N) is 1. The molecule has 5 nitrogen and oxygen atoms in total. The molecule has 0 aromatic heterocycles. The van der Waals surface area contributed by atoms with Crippen molar-refractivity contribution in [1.82, 2.24) is 0 Å². The van der Waals surface area contributed by atoms with E-state index in [2.05, 4.69) is 5.32 Å². The zero-order valence-electron chi connectivity index (χ0n) is 14.3. The van der Waals surface area contributed by atoms with Crippen LogP contribution in [0.3, 0.4) is 0 Å². The molecule has 2 rings (SSSR count). The lowest BCUT2D eigenvalue weighted by atomic mass is 9.87. The van der Waals surface area contributed by atoms with Crippen LogP contribution in [0.2, 0.25) is 5.02 Å². The Balaban J connectivity index is 2.32. The standard InChI is InChI=1S/C18H21ClN2O3S/c1-11(2)17(13-5-7-14(19)8-6-13)18(22)21-15-9-4-12(3)16(10-15)25(20,23)24/h4-11,17H,1-3H3,(H,21,22)(H2,20,23,24)/t17-/m1/s1. The van der Waals surface area contributed by atoms with Gasteiger partial charge in [0.25, 0.3) is 0 Å². The summed E-state index contributed by atoms with van der Waals surface area (Å²) in [6.45, 7) is 5.55. The lowest BCUT2D eigenvalue weighted by Gasteiger charge is -2.21. The van der Waals surface area contributed by atoms with Gasteiger partial charge in [-0.25, -0.2) is 13.6 Å². The van der Waals surface area contributed by atoms with Gasteiger partial charge in [0.1, 0.15) is 0 Å². The fourth-order valence-electron chi connectivity index (χ4n) is 2.71. The van der Waals surface area contributed by atoms with E-state index in [9.17, 15) is 13.2 Å². The normalized spacial score (nSPS) is 12.9. The number of amides is 1. The molecule has 0 aliphatic rings. The maximum absolute atomic E-state index is 12.8. The van der Waals surface area contributed by atoms with Crippen LogP contribution in [0.5, 0.6) is 0 Å². The number of primary sulfonamides is 1. The summed E-state index contributed by atoms with van der Waals surface area (Å²) in [5, 5.41) is 8.60. The Morgan fingerprint density at radius 1 is 1.12 bits per heavy atom. The summed E-state index contributed by atoms with van der Waals surface area (Å²) in [5.74, 6) is -0.567. The summed E-state index contributed by atoms with van der Waals surface area (Å²) in [4.78, 5) is 12.8. The molecule has 0 unspecified atom stereocenters. The maximum atomic E-state index is 12.8. The summed E-state index contributed by atoms with van der Waals surface area (Å²) in [7, 11) is -3.85. The smallest absolute Gasteiger partial charge is 0.238 e. The Hall–Kier alpha value is -1.89. The average Bonchev–Trinajstić information content (AvgIpc) is 2.50. The molecule has 1 amide bonds. The van der Waals surface area contributed by atoms with Crippen LogP contribution in [0, 0.1) is 12.8 Å². The molecule has 134 valence electrons. The second-order valence-corrected chi connectivity index (χ2v) is 8.25. The molecule has 3 N–H and O–H groups in total. The zero-order valence-corrected chi connectivity index (χ0v) is 15.9. The van der Waals surface area contributed by atoms with Gasteiger partial charge in [-0.05, 0) is 48.2 Å². The molecule has 2 aromatic rings. The van der Waals surface area contributed by atoms with Gasteiger partial charge in [0.15, 0.2) is 0 Å². The minimum Gasteiger partial charge on any atom is -0.326 e. The lowest BCUT2D eigenvalue weighted by molar-refractivity contribution is -0.118. The zero-order chi connectivity index (χ0) is 18.8. The molecule has 1 atom stereocenters. The van der Waals surface area contributed by atoms with E-state index in [1.807, 2.05) is 26.0 Å². The maximum Gasteiger partial charge on any atom is 0.238 e. The van der Waals surface area contributed by atoms with Gasteiger partial charge in [0, 0.05) is 10.7 Å². The second-order valence-electron chi connectivity index (χ2n) is 6.29. The first kappa shape index (κ1) is 19.4. The van der Waals surface area contributed by atoms with Crippen molar-refractivity contribution >= 4 is 33.2 Å². The van der Waals surface area contributed by atoms with E-state index < -0.39 is 15.9 Å². The Labute approximate surface area is 153 Å². The third kappa shape index (κ3) is 4.81. The second kappa shape index (κ2) is 7.56. The number of benzene rings is 2. The largest absolute Gasteiger partial charge is 0.326 e.